The number of hydrogen-bond donors (Lipinski definition) is 0. The molecule has 0 aliphatic heterocycles. The third-order valence-corrected chi connectivity index (χ3v) is 7.29. The van der Waals surface area contributed by atoms with Gasteiger partial charge in [-0.25, -0.2) is 0 Å². The normalized spacial score (nSPS) is 11.8. The average molecular weight is 758 g/mol. The second-order valence-electron chi connectivity index (χ2n) is 12.2. The number of nitrogens with zero attached hydrogens (tertiary/aromatic N) is 1. The van der Waals surface area contributed by atoms with Crippen molar-refractivity contribution in [2.45, 2.75) is 58.3 Å². The van der Waals surface area contributed by atoms with Gasteiger partial charge in [0, 0.05) is 13.2 Å². The Bertz CT molecular complexity index is 625. The van der Waals surface area contributed by atoms with E-state index in [-0.39, 0.29) is 0 Å². The highest BCUT2D eigenvalue weighted by Crippen LogP contribution is 2.08. The predicted octanol–water partition coefficient (Wildman–Crippen LogP) is 3.90. The molecule has 0 atom stereocenters. The first-order valence-electron chi connectivity index (χ1n) is 19.9. The molecule has 0 aliphatic rings. The van der Waals surface area contributed by atoms with Crippen LogP contribution in [0.25, 0.3) is 0 Å². The highest BCUT2D eigenvalue weighted by Gasteiger charge is 1.98. The van der Waals surface area contributed by atoms with E-state index in [2.05, 4.69) is 11.8 Å². The zero-order valence-electron chi connectivity index (χ0n) is 33.5. The molecular formula is C38H79NO13. The highest BCUT2D eigenvalue weighted by molar-refractivity contribution is 4.46. The second-order valence-corrected chi connectivity index (χ2v) is 12.2. The molecule has 0 amide bonds. The van der Waals surface area contributed by atoms with Crippen molar-refractivity contribution < 1.29 is 61.6 Å². The molecule has 314 valence electrons. The van der Waals surface area contributed by atoms with E-state index in [0.717, 1.165) is 26.2 Å². The van der Waals surface area contributed by atoms with Crippen LogP contribution in [-0.2, 0) is 61.6 Å². The molecule has 14 heteroatoms. The molecule has 0 bridgehead atoms. The van der Waals surface area contributed by atoms with Crippen molar-refractivity contribution in [2.75, 3.05) is 192 Å². The van der Waals surface area contributed by atoms with Gasteiger partial charge in [0.1, 0.15) is 0 Å². The summed E-state index contributed by atoms with van der Waals surface area (Å²) < 4.78 is 71.6. The van der Waals surface area contributed by atoms with Crippen LogP contribution in [0.15, 0.2) is 0 Å². The lowest BCUT2D eigenvalue weighted by molar-refractivity contribution is -0.0291. The maximum absolute atomic E-state index is 5.63. The van der Waals surface area contributed by atoms with E-state index in [1.807, 2.05) is 14.1 Å². The fourth-order valence-corrected chi connectivity index (χ4v) is 4.33. The van der Waals surface area contributed by atoms with Crippen LogP contribution in [0, 0.1) is 0 Å². The van der Waals surface area contributed by atoms with Crippen molar-refractivity contribution in [2.24, 2.45) is 0 Å². The third kappa shape index (κ3) is 49.4. The van der Waals surface area contributed by atoms with E-state index < -0.39 is 0 Å². The maximum atomic E-state index is 5.63. The Morgan fingerprint density at radius 3 is 0.654 bits per heavy atom. The first kappa shape index (κ1) is 51.4. The van der Waals surface area contributed by atoms with Crippen molar-refractivity contribution in [3.05, 3.63) is 0 Å². The monoisotopic (exact) mass is 758 g/mol. The summed E-state index contributed by atoms with van der Waals surface area (Å²) in [6.07, 6.45) is 10.5. The van der Waals surface area contributed by atoms with Crippen molar-refractivity contribution in [1.29, 1.82) is 0 Å². The zero-order valence-corrected chi connectivity index (χ0v) is 33.5. The van der Waals surface area contributed by atoms with Crippen molar-refractivity contribution in [3.8, 4) is 0 Å². The lowest BCUT2D eigenvalue weighted by Gasteiger charge is -2.10. The predicted molar refractivity (Wildman–Crippen MR) is 202 cm³/mol. The lowest BCUT2D eigenvalue weighted by atomic mass is 10.1. The summed E-state index contributed by atoms with van der Waals surface area (Å²) in [5.74, 6) is 0. The lowest BCUT2D eigenvalue weighted by Crippen LogP contribution is -2.19. The SMILES string of the molecule is CCCCCCCCCCOCCOCCOCCOCCOCCOCCOCCOCCOCCOCCOCCOCCOCCN(C)C. The summed E-state index contributed by atoms with van der Waals surface area (Å²) >= 11 is 0. The standard InChI is InChI=1S/C38H79NO13/c1-4-5-6-7-8-9-10-11-13-40-15-17-42-19-21-44-23-25-46-27-29-48-31-33-50-35-37-52-38-36-51-34-32-49-30-28-47-26-24-45-22-20-43-18-16-41-14-12-39(2)3/h4-38H2,1-3H3. The van der Waals surface area contributed by atoms with E-state index >= 15 is 0 Å². The molecule has 0 unspecified atom stereocenters. The third-order valence-electron chi connectivity index (χ3n) is 7.29. The first-order chi connectivity index (χ1) is 25.8. The molecule has 0 saturated heterocycles. The number of likely N-dealkylation sites (N-methyl/N-ethyl adjacent to an activating group) is 1. The van der Waals surface area contributed by atoms with Gasteiger partial charge in [-0.2, -0.15) is 0 Å². The topological polar surface area (TPSA) is 123 Å². The summed E-state index contributed by atoms with van der Waals surface area (Å²) in [6.45, 7) is 17.8. The van der Waals surface area contributed by atoms with Gasteiger partial charge < -0.3 is 66.5 Å². The largest absolute Gasteiger partial charge is 0.379 e. The van der Waals surface area contributed by atoms with Crippen molar-refractivity contribution in [1.82, 2.24) is 4.90 Å². The maximum Gasteiger partial charge on any atom is 0.0701 e. The number of rotatable bonds is 48. The van der Waals surface area contributed by atoms with E-state index in [4.69, 9.17) is 61.6 Å². The molecule has 0 aliphatic carbocycles. The van der Waals surface area contributed by atoms with Gasteiger partial charge in [-0.05, 0) is 20.5 Å². The van der Waals surface area contributed by atoms with Crippen LogP contribution in [0.5, 0.6) is 0 Å². The van der Waals surface area contributed by atoms with E-state index in [0.29, 0.717) is 159 Å². The quantitative estimate of drug-likeness (QED) is 0.0834. The molecule has 0 spiro atoms. The highest BCUT2D eigenvalue weighted by atomic mass is 16.6. The Labute approximate surface area is 316 Å². The number of unbranched alkanes of at least 4 members (excludes halogenated alkanes) is 7. The number of ether oxygens (including phenoxy) is 13. The van der Waals surface area contributed by atoms with Crippen LogP contribution < -0.4 is 0 Å². The summed E-state index contributed by atoms with van der Waals surface area (Å²) in [7, 11) is 4.04. The minimum Gasteiger partial charge on any atom is -0.379 e. The minimum atomic E-state index is 0.515. The van der Waals surface area contributed by atoms with Gasteiger partial charge in [-0.1, -0.05) is 51.9 Å². The van der Waals surface area contributed by atoms with Crippen LogP contribution >= 0.6 is 0 Å². The molecule has 0 rings (SSSR count). The molecule has 0 N–H and O–H groups in total. The Morgan fingerprint density at radius 1 is 0.231 bits per heavy atom. The van der Waals surface area contributed by atoms with Gasteiger partial charge in [-0.3, -0.25) is 0 Å². The average Bonchev–Trinajstić information content (AvgIpc) is 3.14. The summed E-state index contributed by atoms with van der Waals surface area (Å²) in [5.41, 5.74) is 0. The molecule has 14 nitrogen and oxygen atoms in total. The molecule has 52 heavy (non-hydrogen) atoms. The van der Waals surface area contributed by atoms with Crippen LogP contribution in [-0.4, -0.2) is 197 Å². The van der Waals surface area contributed by atoms with E-state index in [9.17, 15) is 0 Å². The fraction of sp³-hybridized carbons (Fsp3) is 1.00. The fourth-order valence-electron chi connectivity index (χ4n) is 4.33. The zero-order chi connectivity index (χ0) is 37.5. The molecule has 0 aromatic heterocycles. The molecule has 0 radical (unpaired) electrons. The Balaban J connectivity index is 3.05. The molecule has 0 aromatic rings. The van der Waals surface area contributed by atoms with Gasteiger partial charge in [-0.15, -0.1) is 0 Å². The summed E-state index contributed by atoms with van der Waals surface area (Å²) in [4.78, 5) is 2.08. The molecule has 0 saturated carbocycles. The van der Waals surface area contributed by atoms with Gasteiger partial charge >= 0.3 is 0 Å². The van der Waals surface area contributed by atoms with Crippen LogP contribution in [0.2, 0.25) is 0 Å². The summed E-state index contributed by atoms with van der Waals surface area (Å²) in [5, 5.41) is 0. The summed E-state index contributed by atoms with van der Waals surface area (Å²) in [6, 6.07) is 0. The van der Waals surface area contributed by atoms with Gasteiger partial charge in [0.2, 0.25) is 0 Å². The van der Waals surface area contributed by atoms with Crippen LogP contribution in [0.3, 0.4) is 0 Å². The Hall–Kier alpha value is -0.560. The molecule has 0 aromatic carbocycles. The molecule has 0 fully saturated rings. The first-order valence-corrected chi connectivity index (χ1v) is 19.9. The smallest absolute Gasteiger partial charge is 0.0701 e. The van der Waals surface area contributed by atoms with Crippen LogP contribution in [0.4, 0.5) is 0 Å². The Kier molecular flexibility index (Phi) is 47.9. The van der Waals surface area contributed by atoms with Gasteiger partial charge in [0.25, 0.3) is 0 Å². The molecular weight excluding hydrogens is 678 g/mol. The number of hydrogen-bond acceptors (Lipinski definition) is 14. The van der Waals surface area contributed by atoms with Crippen molar-refractivity contribution >= 4 is 0 Å². The Morgan fingerprint density at radius 2 is 0.423 bits per heavy atom. The minimum absolute atomic E-state index is 0.515. The van der Waals surface area contributed by atoms with Crippen LogP contribution in [0.1, 0.15) is 58.3 Å². The second kappa shape index (κ2) is 48.5. The van der Waals surface area contributed by atoms with E-state index in [1.54, 1.807) is 0 Å². The van der Waals surface area contributed by atoms with Crippen molar-refractivity contribution in [3.63, 3.8) is 0 Å². The van der Waals surface area contributed by atoms with E-state index in [1.165, 1.54) is 44.9 Å². The van der Waals surface area contributed by atoms with Gasteiger partial charge in [0.15, 0.2) is 0 Å². The van der Waals surface area contributed by atoms with Gasteiger partial charge in [0.05, 0.1) is 165 Å². The molecule has 0 heterocycles.